The molecule has 0 unspecified atom stereocenters. The number of halogens is 4. The predicted octanol–water partition coefficient (Wildman–Crippen LogP) is 6.30. The Balaban J connectivity index is 1.54. The van der Waals surface area contributed by atoms with E-state index in [2.05, 4.69) is 15.0 Å². The number of ether oxygens (including phenoxy) is 1. The second kappa shape index (κ2) is 10.9. The molecule has 2 aromatic carbocycles. The number of benzene rings is 2. The number of anilines is 2. The molecule has 1 aromatic heterocycles. The molecule has 7 nitrogen and oxygen atoms in total. The molecule has 3 aromatic rings. The van der Waals surface area contributed by atoms with E-state index < -0.39 is 18.4 Å². The molecular weight excluding hydrogens is 523 g/mol. The van der Waals surface area contributed by atoms with Gasteiger partial charge < -0.3 is 14.5 Å². The van der Waals surface area contributed by atoms with Crippen LogP contribution in [0.3, 0.4) is 0 Å². The minimum Gasteiger partial charge on any atom is -0.465 e. The van der Waals surface area contributed by atoms with E-state index in [4.69, 9.17) is 27.6 Å². The lowest BCUT2D eigenvalue weighted by atomic mass is 10.2. The molecule has 0 saturated heterocycles. The topological polar surface area (TPSA) is 84.1 Å². The van der Waals surface area contributed by atoms with Crippen molar-refractivity contribution in [3.63, 3.8) is 0 Å². The van der Waals surface area contributed by atoms with Crippen LogP contribution in [-0.4, -0.2) is 29.3 Å². The van der Waals surface area contributed by atoms with Crippen molar-refractivity contribution in [2.24, 2.45) is 4.99 Å². The molecule has 2 heterocycles. The van der Waals surface area contributed by atoms with Crippen LogP contribution in [0.4, 0.5) is 20.2 Å². The molecule has 0 bridgehead atoms. The number of carbonyl (C=O) groups is 2. The number of thioether (sulfide) groups is 1. The third-order valence-corrected chi connectivity index (χ3v) is 6.00. The molecule has 0 spiro atoms. The van der Waals surface area contributed by atoms with Crippen LogP contribution in [0.2, 0.25) is 10.0 Å². The first-order valence-electron chi connectivity index (χ1n) is 9.91. The summed E-state index contributed by atoms with van der Waals surface area (Å²) < 4.78 is 34.6. The summed E-state index contributed by atoms with van der Waals surface area (Å²) in [5.74, 6) is -0.611. The molecule has 0 saturated carbocycles. The first kappa shape index (κ1) is 24.8. The fraction of sp³-hybridized carbons (Fsp3) is 0.0870. The number of furan rings is 1. The quantitative estimate of drug-likeness (QED) is 0.357. The van der Waals surface area contributed by atoms with Gasteiger partial charge in [-0.15, -0.1) is 0 Å². The Bertz CT molecular complexity index is 1300. The lowest BCUT2D eigenvalue weighted by Crippen LogP contribution is -2.31. The summed E-state index contributed by atoms with van der Waals surface area (Å²) in [7, 11) is 0. The van der Waals surface area contributed by atoms with Crippen LogP contribution in [0.5, 0.6) is 5.75 Å². The van der Waals surface area contributed by atoms with E-state index in [0.717, 1.165) is 11.8 Å². The third-order valence-electron chi connectivity index (χ3n) is 4.51. The van der Waals surface area contributed by atoms with Gasteiger partial charge in [0, 0.05) is 11.1 Å². The van der Waals surface area contributed by atoms with Gasteiger partial charge in [-0.25, -0.2) is 4.99 Å². The van der Waals surface area contributed by atoms with Crippen LogP contribution in [0.15, 0.2) is 76.0 Å². The van der Waals surface area contributed by atoms with Crippen LogP contribution in [0.25, 0.3) is 6.08 Å². The number of amides is 2. The highest BCUT2D eigenvalue weighted by Gasteiger charge is 2.32. The molecule has 1 aliphatic rings. The summed E-state index contributed by atoms with van der Waals surface area (Å²) in [5.41, 5.74) is 0.819. The number of carbonyl (C=O) groups excluding carboxylic acids is 2. The van der Waals surface area contributed by atoms with E-state index in [1.807, 2.05) is 0 Å². The van der Waals surface area contributed by atoms with Gasteiger partial charge in [0.1, 0.15) is 17.2 Å². The number of hydrogen-bond donors (Lipinski definition) is 1. The number of amidine groups is 1. The van der Waals surface area contributed by atoms with Crippen molar-refractivity contribution in [2.45, 2.75) is 6.61 Å². The van der Waals surface area contributed by atoms with Gasteiger partial charge in [0.25, 0.3) is 5.91 Å². The molecule has 0 atom stereocenters. The Labute approximate surface area is 212 Å². The highest BCUT2D eigenvalue weighted by Crippen LogP contribution is 2.31. The SMILES string of the molecule is O=C(CSC1=N/C(=C\c2ccco2)C(=O)N1c1ccc(OC(F)F)cc1)Nc1ccc(Cl)cc1Cl. The zero-order valence-corrected chi connectivity index (χ0v) is 19.9. The summed E-state index contributed by atoms with van der Waals surface area (Å²) in [5, 5.41) is 3.60. The Morgan fingerprint density at radius 2 is 1.97 bits per heavy atom. The maximum absolute atomic E-state index is 13.1. The van der Waals surface area contributed by atoms with Gasteiger partial charge in [-0.05, 0) is 54.6 Å². The molecule has 2 amide bonds. The van der Waals surface area contributed by atoms with Crippen LogP contribution in [0, 0.1) is 0 Å². The highest BCUT2D eigenvalue weighted by atomic mass is 35.5. The first-order valence-corrected chi connectivity index (χ1v) is 11.7. The molecular formula is C23H15Cl2F2N3O4S. The van der Waals surface area contributed by atoms with Crippen LogP contribution in [0.1, 0.15) is 5.76 Å². The Hall–Kier alpha value is -3.34. The maximum atomic E-state index is 13.1. The average Bonchev–Trinajstić information content (AvgIpc) is 3.43. The highest BCUT2D eigenvalue weighted by molar-refractivity contribution is 8.14. The Morgan fingerprint density at radius 3 is 2.63 bits per heavy atom. The van der Waals surface area contributed by atoms with Gasteiger partial charge in [-0.2, -0.15) is 8.78 Å². The number of nitrogens with one attached hydrogen (secondary N) is 1. The van der Waals surface area contributed by atoms with E-state index >= 15 is 0 Å². The van der Waals surface area contributed by atoms with E-state index in [9.17, 15) is 18.4 Å². The fourth-order valence-electron chi connectivity index (χ4n) is 3.01. The van der Waals surface area contributed by atoms with Crippen LogP contribution < -0.4 is 15.0 Å². The van der Waals surface area contributed by atoms with Gasteiger partial charge in [0.2, 0.25) is 5.91 Å². The summed E-state index contributed by atoms with van der Waals surface area (Å²) in [6.45, 7) is -2.97. The van der Waals surface area contributed by atoms with Gasteiger partial charge in [-0.3, -0.25) is 14.5 Å². The monoisotopic (exact) mass is 537 g/mol. The molecule has 0 radical (unpaired) electrons. The van der Waals surface area contributed by atoms with Crippen LogP contribution in [-0.2, 0) is 9.59 Å². The number of aliphatic imine (C=N–C) groups is 1. The molecule has 4 rings (SSSR count). The predicted molar refractivity (Wildman–Crippen MR) is 132 cm³/mol. The van der Waals surface area contributed by atoms with Crippen molar-refractivity contribution in [1.82, 2.24) is 0 Å². The van der Waals surface area contributed by atoms with Crippen molar-refractivity contribution in [3.05, 3.63) is 82.4 Å². The van der Waals surface area contributed by atoms with E-state index in [-0.39, 0.29) is 27.4 Å². The second-order valence-electron chi connectivity index (χ2n) is 6.91. The van der Waals surface area contributed by atoms with Gasteiger partial charge in [-0.1, -0.05) is 35.0 Å². The molecule has 0 aliphatic carbocycles. The smallest absolute Gasteiger partial charge is 0.387 e. The van der Waals surface area contributed by atoms with Gasteiger partial charge >= 0.3 is 6.61 Å². The zero-order chi connectivity index (χ0) is 24.9. The molecule has 35 heavy (non-hydrogen) atoms. The van der Waals surface area contributed by atoms with E-state index in [0.29, 0.717) is 22.2 Å². The summed E-state index contributed by atoms with van der Waals surface area (Å²) >= 11 is 13.0. The lowest BCUT2D eigenvalue weighted by molar-refractivity contribution is -0.114. The maximum Gasteiger partial charge on any atom is 0.387 e. The molecule has 1 aliphatic heterocycles. The average molecular weight is 538 g/mol. The molecule has 180 valence electrons. The molecule has 12 heteroatoms. The van der Waals surface area contributed by atoms with Crippen LogP contribution >= 0.6 is 35.0 Å². The van der Waals surface area contributed by atoms with E-state index in [1.54, 1.807) is 24.3 Å². The summed E-state index contributed by atoms with van der Waals surface area (Å²) in [4.78, 5) is 31.3. The third kappa shape index (κ3) is 6.21. The van der Waals surface area contributed by atoms with E-state index in [1.165, 1.54) is 47.6 Å². The first-order chi connectivity index (χ1) is 16.8. The largest absolute Gasteiger partial charge is 0.465 e. The Morgan fingerprint density at radius 1 is 1.20 bits per heavy atom. The minimum absolute atomic E-state index is 0.0629. The lowest BCUT2D eigenvalue weighted by Gasteiger charge is -2.18. The number of rotatable bonds is 7. The van der Waals surface area contributed by atoms with Crippen molar-refractivity contribution in [3.8, 4) is 5.75 Å². The number of nitrogens with zero attached hydrogens (tertiary/aromatic N) is 2. The van der Waals surface area contributed by atoms with Crippen molar-refractivity contribution >= 4 is 69.4 Å². The Kier molecular flexibility index (Phi) is 7.74. The molecule has 0 fully saturated rings. The number of alkyl halides is 2. The zero-order valence-electron chi connectivity index (χ0n) is 17.6. The van der Waals surface area contributed by atoms with Crippen molar-refractivity contribution in [2.75, 3.05) is 16.0 Å². The van der Waals surface area contributed by atoms with Crippen molar-refractivity contribution in [1.29, 1.82) is 0 Å². The second-order valence-corrected chi connectivity index (χ2v) is 8.70. The fourth-order valence-corrected chi connectivity index (χ4v) is 4.28. The van der Waals surface area contributed by atoms with Gasteiger partial charge in [0.15, 0.2) is 5.17 Å². The standard InChI is InChI=1S/C23H15Cl2F2N3O4S/c24-13-3-8-18(17(25)10-13)28-20(31)12-35-23-29-19(11-16-2-1-9-33-16)21(32)30(23)14-4-6-15(7-5-14)34-22(26)27/h1-11,22H,12H2,(H,28,31)/b19-11-. The van der Waals surface area contributed by atoms with Crippen molar-refractivity contribution < 1.29 is 27.5 Å². The molecule has 1 N–H and O–H groups in total. The summed E-state index contributed by atoms with van der Waals surface area (Å²) in [6.07, 6.45) is 2.92. The van der Waals surface area contributed by atoms with Gasteiger partial charge in [0.05, 0.1) is 28.4 Å². The number of hydrogen-bond acceptors (Lipinski definition) is 6. The normalized spacial score (nSPS) is 14.5. The minimum atomic E-state index is -2.97. The summed E-state index contributed by atoms with van der Waals surface area (Å²) in [6, 6.07) is 13.5.